The van der Waals surface area contributed by atoms with Crippen molar-refractivity contribution in [1.29, 1.82) is 0 Å². The topological polar surface area (TPSA) is 104 Å². The summed E-state index contributed by atoms with van der Waals surface area (Å²) in [5, 5.41) is 6.20. The highest BCUT2D eigenvalue weighted by atomic mass is 19.1. The molecule has 0 aliphatic carbocycles. The van der Waals surface area contributed by atoms with E-state index in [4.69, 9.17) is 0 Å². The average molecular weight is 415 g/mol. The van der Waals surface area contributed by atoms with Gasteiger partial charge in [0.25, 0.3) is 5.91 Å². The second kappa shape index (κ2) is 9.31. The molecule has 0 fully saturated rings. The lowest BCUT2D eigenvalue weighted by molar-refractivity contribution is 0.0962. The molecule has 0 saturated heterocycles. The first-order chi connectivity index (χ1) is 15.2. The number of anilines is 5. The lowest BCUT2D eigenvalue weighted by Gasteiger charge is -2.12. The van der Waals surface area contributed by atoms with E-state index in [0.717, 1.165) is 11.4 Å². The standard InChI is InChI=1S/C22H18FN7O/c23-16-13-11-15(12-14-16)19(31)29-30-22-27-20(24-17-7-3-1-4-8-17)26-21(28-22)25-18-9-5-2-6-10-18/h1-14H,(H,29,31)(H3,24,25,26,27,28,30). The van der Waals surface area contributed by atoms with Crippen molar-refractivity contribution in [2.45, 2.75) is 0 Å². The van der Waals surface area contributed by atoms with E-state index in [1.807, 2.05) is 60.7 Å². The van der Waals surface area contributed by atoms with E-state index >= 15 is 0 Å². The van der Waals surface area contributed by atoms with Crippen LogP contribution < -0.4 is 21.5 Å². The molecule has 8 nitrogen and oxygen atoms in total. The van der Waals surface area contributed by atoms with Crippen molar-refractivity contribution in [1.82, 2.24) is 20.4 Å². The van der Waals surface area contributed by atoms with Gasteiger partial charge >= 0.3 is 0 Å². The Labute approximate surface area is 177 Å². The first kappa shape index (κ1) is 19.8. The summed E-state index contributed by atoms with van der Waals surface area (Å²) in [6.45, 7) is 0. The molecule has 0 aliphatic rings. The van der Waals surface area contributed by atoms with Crippen LogP contribution in [0.15, 0.2) is 84.9 Å². The number of hydrogen-bond acceptors (Lipinski definition) is 7. The molecule has 0 unspecified atom stereocenters. The molecule has 4 N–H and O–H groups in total. The second-order valence-corrected chi connectivity index (χ2v) is 6.37. The van der Waals surface area contributed by atoms with Crippen LogP contribution in [0.2, 0.25) is 0 Å². The molecule has 0 atom stereocenters. The Bertz CT molecular complexity index is 1100. The molecule has 1 heterocycles. The third-order valence-corrected chi connectivity index (χ3v) is 4.09. The number of nitrogens with zero attached hydrogens (tertiary/aromatic N) is 3. The molecule has 4 aromatic rings. The largest absolute Gasteiger partial charge is 0.324 e. The number of rotatable bonds is 7. The maximum atomic E-state index is 13.1. The number of halogens is 1. The van der Waals surface area contributed by atoms with Crippen molar-refractivity contribution in [3.8, 4) is 0 Å². The quantitative estimate of drug-likeness (QED) is 0.335. The summed E-state index contributed by atoms with van der Waals surface area (Å²) in [4.78, 5) is 25.2. The fourth-order valence-corrected chi connectivity index (χ4v) is 2.63. The minimum absolute atomic E-state index is 0.113. The second-order valence-electron chi connectivity index (χ2n) is 6.37. The Kier molecular flexibility index (Phi) is 5.94. The number of benzene rings is 3. The maximum Gasteiger partial charge on any atom is 0.269 e. The van der Waals surface area contributed by atoms with Crippen molar-refractivity contribution >= 4 is 35.1 Å². The van der Waals surface area contributed by atoms with Crippen molar-refractivity contribution < 1.29 is 9.18 Å². The molecule has 9 heteroatoms. The van der Waals surface area contributed by atoms with Gasteiger partial charge in [0.1, 0.15) is 5.82 Å². The zero-order valence-electron chi connectivity index (χ0n) is 16.2. The third-order valence-electron chi connectivity index (χ3n) is 4.09. The van der Waals surface area contributed by atoms with E-state index in [1.54, 1.807) is 0 Å². The van der Waals surface area contributed by atoms with Gasteiger partial charge in [0.2, 0.25) is 17.8 Å². The van der Waals surface area contributed by atoms with E-state index in [9.17, 15) is 9.18 Å². The van der Waals surface area contributed by atoms with E-state index < -0.39 is 11.7 Å². The van der Waals surface area contributed by atoms with Crippen LogP contribution >= 0.6 is 0 Å². The SMILES string of the molecule is O=C(NNc1nc(Nc2ccccc2)nc(Nc2ccccc2)n1)c1ccc(F)cc1. The lowest BCUT2D eigenvalue weighted by atomic mass is 10.2. The average Bonchev–Trinajstić information content (AvgIpc) is 2.79. The molecular weight excluding hydrogens is 397 g/mol. The number of hydrogen-bond donors (Lipinski definition) is 4. The van der Waals surface area contributed by atoms with Gasteiger partial charge in [-0.15, -0.1) is 0 Å². The fourth-order valence-electron chi connectivity index (χ4n) is 2.63. The first-order valence-electron chi connectivity index (χ1n) is 9.38. The van der Waals surface area contributed by atoms with E-state index in [2.05, 4.69) is 36.4 Å². The predicted molar refractivity (Wildman–Crippen MR) is 117 cm³/mol. The van der Waals surface area contributed by atoms with Crippen LogP contribution in [-0.2, 0) is 0 Å². The molecule has 31 heavy (non-hydrogen) atoms. The molecular formula is C22H18FN7O. The van der Waals surface area contributed by atoms with Crippen molar-refractivity contribution in [2.24, 2.45) is 0 Å². The summed E-state index contributed by atoms with van der Waals surface area (Å²) in [5.74, 6) is -0.218. The molecule has 3 aromatic carbocycles. The maximum absolute atomic E-state index is 13.1. The molecule has 0 aliphatic heterocycles. The summed E-state index contributed by atoms with van der Waals surface area (Å²) < 4.78 is 13.1. The normalized spacial score (nSPS) is 10.2. The third kappa shape index (κ3) is 5.51. The fraction of sp³-hybridized carbons (Fsp3) is 0. The Hall–Kier alpha value is -4.53. The van der Waals surface area contributed by atoms with Crippen LogP contribution in [0.4, 0.5) is 33.6 Å². The monoisotopic (exact) mass is 415 g/mol. The van der Waals surface area contributed by atoms with Gasteiger partial charge in [-0.25, -0.2) is 4.39 Å². The molecule has 1 aromatic heterocycles. The highest BCUT2D eigenvalue weighted by Gasteiger charge is 2.10. The molecule has 154 valence electrons. The summed E-state index contributed by atoms with van der Waals surface area (Å²) in [6.07, 6.45) is 0. The van der Waals surface area contributed by atoms with Crippen molar-refractivity contribution in [2.75, 3.05) is 16.1 Å². The minimum atomic E-state index is -0.462. The number of nitrogens with one attached hydrogen (secondary N) is 4. The predicted octanol–water partition coefficient (Wildman–Crippen LogP) is 4.25. The Balaban J connectivity index is 1.54. The van der Waals surface area contributed by atoms with Crippen LogP contribution in [0.5, 0.6) is 0 Å². The van der Waals surface area contributed by atoms with E-state index in [0.29, 0.717) is 0 Å². The smallest absolute Gasteiger partial charge is 0.269 e. The molecule has 4 rings (SSSR count). The van der Waals surface area contributed by atoms with Gasteiger partial charge in [0, 0.05) is 16.9 Å². The number of carbonyl (C=O) groups excluding carboxylic acids is 1. The van der Waals surface area contributed by atoms with Crippen molar-refractivity contribution in [3.63, 3.8) is 0 Å². The number of carbonyl (C=O) groups is 1. The Morgan fingerprint density at radius 1 is 0.645 bits per heavy atom. The highest BCUT2D eigenvalue weighted by Crippen LogP contribution is 2.18. The van der Waals surface area contributed by atoms with Gasteiger partial charge in [-0.3, -0.25) is 15.6 Å². The minimum Gasteiger partial charge on any atom is -0.324 e. The zero-order chi connectivity index (χ0) is 21.5. The molecule has 0 spiro atoms. The summed E-state index contributed by atoms with van der Waals surface area (Å²) in [6, 6.07) is 24.0. The molecule has 1 amide bonds. The summed E-state index contributed by atoms with van der Waals surface area (Å²) in [7, 11) is 0. The van der Waals surface area contributed by atoms with Gasteiger partial charge in [-0.1, -0.05) is 36.4 Å². The summed E-state index contributed by atoms with van der Waals surface area (Å²) in [5.41, 5.74) is 7.04. The first-order valence-corrected chi connectivity index (χ1v) is 9.38. The van der Waals surface area contributed by atoms with Gasteiger partial charge < -0.3 is 10.6 Å². The molecule has 0 bridgehead atoms. The number of hydrazine groups is 1. The van der Waals surface area contributed by atoms with Crippen LogP contribution in [0.1, 0.15) is 10.4 Å². The van der Waals surface area contributed by atoms with Gasteiger partial charge in [0.15, 0.2) is 0 Å². The molecule has 0 saturated carbocycles. The lowest BCUT2D eigenvalue weighted by Crippen LogP contribution is -2.30. The Morgan fingerprint density at radius 3 is 1.65 bits per heavy atom. The van der Waals surface area contributed by atoms with Crippen LogP contribution in [0, 0.1) is 5.82 Å². The summed E-state index contributed by atoms with van der Waals surface area (Å²) >= 11 is 0. The number of amides is 1. The molecule has 0 radical (unpaired) electrons. The van der Waals surface area contributed by atoms with E-state index in [-0.39, 0.29) is 23.4 Å². The van der Waals surface area contributed by atoms with Gasteiger partial charge in [-0.05, 0) is 48.5 Å². The number of para-hydroxylation sites is 2. The Morgan fingerprint density at radius 2 is 1.13 bits per heavy atom. The van der Waals surface area contributed by atoms with Crippen LogP contribution in [-0.4, -0.2) is 20.9 Å². The zero-order valence-corrected chi connectivity index (χ0v) is 16.2. The van der Waals surface area contributed by atoms with Crippen molar-refractivity contribution in [3.05, 3.63) is 96.3 Å². The van der Waals surface area contributed by atoms with E-state index in [1.165, 1.54) is 24.3 Å². The van der Waals surface area contributed by atoms with Crippen LogP contribution in [0.25, 0.3) is 0 Å². The number of aromatic nitrogens is 3. The van der Waals surface area contributed by atoms with Gasteiger partial charge in [0.05, 0.1) is 0 Å². The van der Waals surface area contributed by atoms with Gasteiger partial charge in [-0.2, -0.15) is 15.0 Å². The highest BCUT2D eigenvalue weighted by molar-refractivity contribution is 5.94. The van der Waals surface area contributed by atoms with Crippen LogP contribution in [0.3, 0.4) is 0 Å².